The third kappa shape index (κ3) is 3.34. The molecular formula is C25H42O5. The maximum atomic E-state index is 11.7. The Morgan fingerprint density at radius 2 is 1.80 bits per heavy atom. The molecule has 0 spiro atoms. The summed E-state index contributed by atoms with van der Waals surface area (Å²) < 4.78 is 4.83. The van der Waals surface area contributed by atoms with E-state index in [4.69, 9.17) is 4.74 Å². The molecule has 0 saturated heterocycles. The van der Waals surface area contributed by atoms with Gasteiger partial charge in [0.25, 0.3) is 0 Å². The Morgan fingerprint density at radius 3 is 2.50 bits per heavy atom. The molecule has 0 heterocycles. The van der Waals surface area contributed by atoms with E-state index < -0.39 is 0 Å². The van der Waals surface area contributed by atoms with Crippen molar-refractivity contribution < 1.29 is 24.9 Å². The highest BCUT2D eigenvalue weighted by Crippen LogP contribution is 2.68. The standard InChI is InChI=1S/C25H42O5/c1-14(5-8-22(29)30-4)17-6-7-18-23-19(13-21(28)25(17,18)3)24(2)10-9-16(26)11-15(24)12-20(23)27/h14-21,23,26-28H,5-13H2,1-4H3/t14-,15?,16+,17-,18+,19+,20-,21+,23+,24+,25-/m1/s1. The molecule has 0 bridgehead atoms. The molecule has 0 aromatic heterocycles. The zero-order valence-corrected chi connectivity index (χ0v) is 19.2. The van der Waals surface area contributed by atoms with Gasteiger partial charge in [0.15, 0.2) is 0 Å². The highest BCUT2D eigenvalue weighted by molar-refractivity contribution is 5.69. The van der Waals surface area contributed by atoms with Gasteiger partial charge in [0.1, 0.15) is 0 Å². The van der Waals surface area contributed by atoms with Gasteiger partial charge < -0.3 is 20.1 Å². The molecule has 4 rings (SSSR count). The molecule has 5 nitrogen and oxygen atoms in total. The second kappa shape index (κ2) is 8.04. The summed E-state index contributed by atoms with van der Waals surface area (Å²) in [5.74, 6) is 1.81. The lowest BCUT2D eigenvalue weighted by Crippen LogP contribution is -2.62. The van der Waals surface area contributed by atoms with Crippen molar-refractivity contribution in [2.75, 3.05) is 7.11 Å². The van der Waals surface area contributed by atoms with Crippen molar-refractivity contribution in [3.63, 3.8) is 0 Å². The number of carbonyl (C=O) groups excluding carboxylic acids is 1. The van der Waals surface area contributed by atoms with Gasteiger partial charge in [-0.25, -0.2) is 0 Å². The molecular weight excluding hydrogens is 380 g/mol. The Labute approximate surface area is 181 Å². The van der Waals surface area contributed by atoms with Crippen LogP contribution in [0, 0.1) is 46.3 Å². The molecule has 5 heteroatoms. The van der Waals surface area contributed by atoms with E-state index in [9.17, 15) is 20.1 Å². The number of hydrogen-bond acceptors (Lipinski definition) is 5. The van der Waals surface area contributed by atoms with Crippen molar-refractivity contribution in [2.24, 2.45) is 46.3 Å². The van der Waals surface area contributed by atoms with Crippen LogP contribution >= 0.6 is 0 Å². The van der Waals surface area contributed by atoms with E-state index in [0.29, 0.717) is 36.0 Å². The van der Waals surface area contributed by atoms with Crippen LogP contribution in [0.25, 0.3) is 0 Å². The van der Waals surface area contributed by atoms with E-state index >= 15 is 0 Å². The molecule has 4 aliphatic carbocycles. The van der Waals surface area contributed by atoms with Gasteiger partial charge in [-0.3, -0.25) is 4.79 Å². The second-order valence-electron chi connectivity index (χ2n) is 11.6. The van der Waals surface area contributed by atoms with Crippen LogP contribution in [0.5, 0.6) is 0 Å². The van der Waals surface area contributed by atoms with Crippen molar-refractivity contribution in [3.05, 3.63) is 0 Å². The predicted octanol–water partition coefficient (Wildman–Crippen LogP) is 3.54. The first kappa shape index (κ1) is 22.5. The van der Waals surface area contributed by atoms with Gasteiger partial charge in [-0.15, -0.1) is 0 Å². The Hall–Kier alpha value is -0.650. The van der Waals surface area contributed by atoms with Crippen LogP contribution < -0.4 is 0 Å². The smallest absolute Gasteiger partial charge is 0.305 e. The molecule has 1 unspecified atom stereocenters. The van der Waals surface area contributed by atoms with E-state index in [1.54, 1.807) is 0 Å². The third-order valence-electron chi connectivity index (χ3n) is 10.6. The molecule has 4 saturated carbocycles. The van der Waals surface area contributed by atoms with E-state index in [1.807, 2.05) is 0 Å². The minimum atomic E-state index is -0.369. The Morgan fingerprint density at radius 1 is 1.07 bits per heavy atom. The summed E-state index contributed by atoms with van der Waals surface area (Å²) >= 11 is 0. The number of aliphatic hydroxyl groups excluding tert-OH is 3. The van der Waals surface area contributed by atoms with Gasteiger partial charge in [0.05, 0.1) is 25.4 Å². The number of methoxy groups -OCH3 is 1. The predicted molar refractivity (Wildman–Crippen MR) is 114 cm³/mol. The second-order valence-corrected chi connectivity index (χ2v) is 11.6. The normalized spacial score (nSPS) is 51.4. The van der Waals surface area contributed by atoms with Crippen molar-refractivity contribution in [1.29, 1.82) is 0 Å². The number of carbonyl (C=O) groups is 1. The van der Waals surface area contributed by atoms with Crippen molar-refractivity contribution >= 4 is 5.97 Å². The number of ether oxygens (including phenoxy) is 1. The van der Waals surface area contributed by atoms with E-state index in [0.717, 1.165) is 51.4 Å². The first-order valence-corrected chi connectivity index (χ1v) is 12.2. The Kier molecular flexibility index (Phi) is 6.04. The molecule has 0 aromatic carbocycles. The minimum absolute atomic E-state index is 0.111. The third-order valence-corrected chi connectivity index (χ3v) is 10.6. The fourth-order valence-corrected chi connectivity index (χ4v) is 8.78. The zero-order valence-electron chi connectivity index (χ0n) is 19.2. The van der Waals surface area contributed by atoms with E-state index in [1.165, 1.54) is 7.11 Å². The number of aliphatic hydroxyl groups is 3. The average molecular weight is 423 g/mol. The van der Waals surface area contributed by atoms with Gasteiger partial charge in [0, 0.05) is 6.42 Å². The topological polar surface area (TPSA) is 87.0 Å². The molecule has 0 amide bonds. The fraction of sp³-hybridized carbons (Fsp3) is 0.960. The molecule has 0 aliphatic heterocycles. The van der Waals surface area contributed by atoms with Crippen LogP contribution in [0.1, 0.15) is 78.6 Å². The Balaban J connectivity index is 1.58. The number of hydrogen-bond donors (Lipinski definition) is 3. The number of rotatable bonds is 4. The largest absolute Gasteiger partial charge is 0.469 e. The number of esters is 1. The maximum absolute atomic E-state index is 11.7. The SMILES string of the molecule is COC(=O)CC[C@@H](C)[C@H]1CC[C@H]2[C@@H]3[C@H](O)CC4C[C@@H](O)CC[C@]4(C)[C@H]3C[C@H](O)[C@]12C. The van der Waals surface area contributed by atoms with Crippen LogP contribution in [-0.2, 0) is 9.53 Å². The van der Waals surface area contributed by atoms with Gasteiger partial charge in [-0.2, -0.15) is 0 Å². The first-order chi connectivity index (χ1) is 14.1. The molecule has 30 heavy (non-hydrogen) atoms. The van der Waals surface area contributed by atoms with E-state index in [2.05, 4.69) is 20.8 Å². The lowest BCUT2D eigenvalue weighted by molar-refractivity contribution is -0.207. The van der Waals surface area contributed by atoms with Gasteiger partial charge in [-0.05, 0) is 97.7 Å². The van der Waals surface area contributed by atoms with Crippen LogP contribution in [-0.4, -0.2) is 46.7 Å². The van der Waals surface area contributed by atoms with Gasteiger partial charge in [-0.1, -0.05) is 20.8 Å². The summed E-state index contributed by atoms with van der Waals surface area (Å²) in [4.78, 5) is 11.7. The summed E-state index contributed by atoms with van der Waals surface area (Å²) in [6, 6.07) is 0. The van der Waals surface area contributed by atoms with Gasteiger partial charge >= 0.3 is 5.97 Å². The maximum Gasteiger partial charge on any atom is 0.305 e. The first-order valence-electron chi connectivity index (χ1n) is 12.2. The summed E-state index contributed by atoms with van der Waals surface area (Å²) in [6.45, 7) is 6.85. The fourth-order valence-electron chi connectivity index (χ4n) is 8.78. The lowest BCUT2D eigenvalue weighted by atomic mass is 9.43. The molecule has 0 aromatic rings. The van der Waals surface area contributed by atoms with Gasteiger partial charge in [0.2, 0.25) is 0 Å². The average Bonchev–Trinajstić information content (AvgIpc) is 3.06. The number of fused-ring (bicyclic) bond motifs is 5. The summed E-state index contributed by atoms with van der Waals surface area (Å²) in [7, 11) is 1.44. The molecule has 0 radical (unpaired) electrons. The van der Waals surface area contributed by atoms with E-state index in [-0.39, 0.29) is 41.0 Å². The monoisotopic (exact) mass is 422 g/mol. The van der Waals surface area contributed by atoms with Crippen LogP contribution in [0.15, 0.2) is 0 Å². The lowest BCUT2D eigenvalue weighted by Gasteiger charge is -2.63. The van der Waals surface area contributed by atoms with Crippen molar-refractivity contribution in [2.45, 2.75) is 96.9 Å². The zero-order chi connectivity index (χ0) is 21.8. The quantitative estimate of drug-likeness (QED) is 0.603. The molecule has 3 N–H and O–H groups in total. The highest BCUT2D eigenvalue weighted by Gasteiger charge is 2.65. The summed E-state index contributed by atoms with van der Waals surface area (Å²) in [6.07, 6.45) is 6.60. The van der Waals surface area contributed by atoms with Crippen LogP contribution in [0.4, 0.5) is 0 Å². The molecule has 11 atom stereocenters. The highest BCUT2D eigenvalue weighted by atomic mass is 16.5. The van der Waals surface area contributed by atoms with Crippen molar-refractivity contribution in [1.82, 2.24) is 0 Å². The minimum Gasteiger partial charge on any atom is -0.469 e. The summed E-state index contributed by atoms with van der Waals surface area (Å²) in [5.41, 5.74) is -0.0882. The Bertz CT molecular complexity index is 651. The molecule has 172 valence electrons. The van der Waals surface area contributed by atoms with Crippen molar-refractivity contribution in [3.8, 4) is 0 Å². The van der Waals surface area contributed by atoms with Crippen LogP contribution in [0.3, 0.4) is 0 Å². The summed E-state index contributed by atoms with van der Waals surface area (Å²) in [5, 5.41) is 33.1. The molecule has 4 fully saturated rings. The molecule has 4 aliphatic rings. The van der Waals surface area contributed by atoms with Crippen LogP contribution in [0.2, 0.25) is 0 Å².